The molecule has 0 aliphatic rings. The quantitative estimate of drug-likeness (QED) is 0.789. The molecular formula is C16H14N2O2. The van der Waals surface area contributed by atoms with Gasteiger partial charge in [-0.05, 0) is 24.3 Å². The summed E-state index contributed by atoms with van der Waals surface area (Å²) in [5.41, 5.74) is 2.23. The largest absolute Gasteiger partial charge is 0.477 e. The third-order valence-electron chi connectivity index (χ3n) is 3.35. The fraction of sp³-hybridized carbons (Fsp3) is 0.125. The molecule has 2 aromatic heterocycles. The van der Waals surface area contributed by atoms with Crippen LogP contribution in [0.2, 0.25) is 0 Å². The second-order valence-corrected chi connectivity index (χ2v) is 4.62. The molecule has 0 saturated heterocycles. The van der Waals surface area contributed by atoms with E-state index in [0.29, 0.717) is 18.7 Å². The molecule has 3 aromatic rings. The van der Waals surface area contributed by atoms with Gasteiger partial charge in [0.1, 0.15) is 5.69 Å². The van der Waals surface area contributed by atoms with Crippen LogP contribution in [0.15, 0.2) is 54.7 Å². The Morgan fingerprint density at radius 3 is 2.70 bits per heavy atom. The maximum Gasteiger partial charge on any atom is 0.352 e. The Balaban J connectivity index is 1.97. The van der Waals surface area contributed by atoms with E-state index in [1.807, 2.05) is 47.0 Å². The van der Waals surface area contributed by atoms with Gasteiger partial charge in [-0.25, -0.2) is 4.79 Å². The first-order valence-corrected chi connectivity index (χ1v) is 6.47. The van der Waals surface area contributed by atoms with Gasteiger partial charge in [0.2, 0.25) is 0 Å². The van der Waals surface area contributed by atoms with Crippen molar-refractivity contribution in [3.63, 3.8) is 0 Å². The highest BCUT2D eigenvalue weighted by atomic mass is 16.4. The number of rotatable bonds is 4. The highest BCUT2D eigenvalue weighted by Gasteiger charge is 2.14. The molecule has 0 amide bonds. The third kappa shape index (κ3) is 2.28. The average Bonchev–Trinajstić information content (AvgIpc) is 2.85. The van der Waals surface area contributed by atoms with Gasteiger partial charge >= 0.3 is 5.97 Å². The number of aromatic carboxylic acids is 1. The van der Waals surface area contributed by atoms with Crippen molar-refractivity contribution in [2.45, 2.75) is 13.0 Å². The van der Waals surface area contributed by atoms with Crippen molar-refractivity contribution >= 4 is 16.9 Å². The minimum absolute atomic E-state index is 0.321. The molecule has 0 aliphatic carbocycles. The van der Waals surface area contributed by atoms with Crippen molar-refractivity contribution in [2.24, 2.45) is 0 Å². The van der Waals surface area contributed by atoms with E-state index in [4.69, 9.17) is 0 Å². The zero-order valence-electron chi connectivity index (χ0n) is 10.9. The summed E-state index contributed by atoms with van der Waals surface area (Å²) >= 11 is 0. The normalized spacial score (nSPS) is 10.8. The Morgan fingerprint density at radius 2 is 1.95 bits per heavy atom. The van der Waals surface area contributed by atoms with Crippen molar-refractivity contribution in [1.29, 1.82) is 0 Å². The van der Waals surface area contributed by atoms with Crippen molar-refractivity contribution < 1.29 is 9.90 Å². The summed E-state index contributed by atoms with van der Waals surface area (Å²) in [7, 11) is 0. The average molecular weight is 266 g/mol. The maximum absolute atomic E-state index is 11.4. The van der Waals surface area contributed by atoms with E-state index in [0.717, 1.165) is 16.6 Å². The van der Waals surface area contributed by atoms with Gasteiger partial charge in [0.05, 0.1) is 0 Å². The van der Waals surface area contributed by atoms with E-state index in [-0.39, 0.29) is 0 Å². The topological polar surface area (TPSA) is 55.1 Å². The lowest BCUT2D eigenvalue weighted by molar-refractivity contribution is 0.0685. The number of fused-ring (bicyclic) bond motifs is 1. The number of para-hydroxylation sites is 1. The number of hydrogen-bond acceptors (Lipinski definition) is 2. The Labute approximate surface area is 116 Å². The van der Waals surface area contributed by atoms with Gasteiger partial charge in [-0.1, -0.05) is 24.3 Å². The Kier molecular flexibility index (Phi) is 3.21. The summed E-state index contributed by atoms with van der Waals surface area (Å²) < 4.78 is 1.84. The number of carboxylic acid groups (broad SMARTS) is 1. The van der Waals surface area contributed by atoms with E-state index in [1.54, 1.807) is 12.3 Å². The minimum Gasteiger partial charge on any atom is -0.477 e. The molecule has 20 heavy (non-hydrogen) atoms. The van der Waals surface area contributed by atoms with Gasteiger partial charge in [0.15, 0.2) is 0 Å². The van der Waals surface area contributed by atoms with E-state index < -0.39 is 5.97 Å². The van der Waals surface area contributed by atoms with E-state index in [1.165, 1.54) is 0 Å². The van der Waals surface area contributed by atoms with Crippen LogP contribution in [0.1, 0.15) is 16.2 Å². The number of carboxylic acids is 1. The molecule has 100 valence electrons. The molecule has 0 unspecified atom stereocenters. The highest BCUT2D eigenvalue weighted by molar-refractivity contribution is 5.94. The SMILES string of the molecule is O=C(O)c1cc2ccccc2n1CCc1ccccn1. The van der Waals surface area contributed by atoms with Gasteiger partial charge < -0.3 is 9.67 Å². The van der Waals surface area contributed by atoms with Gasteiger partial charge in [-0.15, -0.1) is 0 Å². The number of carbonyl (C=O) groups is 1. The Bertz CT molecular complexity index is 748. The van der Waals surface area contributed by atoms with E-state index >= 15 is 0 Å². The van der Waals surface area contributed by atoms with Gasteiger partial charge in [-0.2, -0.15) is 0 Å². The summed E-state index contributed by atoms with van der Waals surface area (Å²) in [6.07, 6.45) is 2.46. The molecule has 0 fully saturated rings. The fourth-order valence-electron chi connectivity index (χ4n) is 2.40. The Hall–Kier alpha value is -2.62. The first-order valence-electron chi connectivity index (χ1n) is 6.47. The summed E-state index contributed by atoms with van der Waals surface area (Å²) in [6.45, 7) is 0.603. The van der Waals surface area contributed by atoms with Crippen LogP contribution in [0.3, 0.4) is 0 Å². The molecule has 2 heterocycles. The lowest BCUT2D eigenvalue weighted by atomic mass is 10.2. The third-order valence-corrected chi connectivity index (χ3v) is 3.35. The van der Waals surface area contributed by atoms with E-state index in [9.17, 15) is 9.90 Å². The van der Waals surface area contributed by atoms with Crippen LogP contribution in [-0.2, 0) is 13.0 Å². The van der Waals surface area contributed by atoms with Gasteiger partial charge in [0.25, 0.3) is 0 Å². The van der Waals surface area contributed by atoms with Crippen LogP contribution in [-0.4, -0.2) is 20.6 Å². The summed E-state index contributed by atoms with van der Waals surface area (Å²) in [6, 6.07) is 15.2. The van der Waals surface area contributed by atoms with Crippen molar-refractivity contribution in [3.05, 3.63) is 66.1 Å². The van der Waals surface area contributed by atoms with Crippen LogP contribution in [0, 0.1) is 0 Å². The molecule has 1 N–H and O–H groups in total. The number of aromatic nitrogens is 2. The zero-order valence-corrected chi connectivity index (χ0v) is 10.9. The molecule has 1 aromatic carbocycles. The maximum atomic E-state index is 11.4. The fourth-order valence-corrected chi connectivity index (χ4v) is 2.40. The van der Waals surface area contributed by atoms with Gasteiger partial charge in [-0.3, -0.25) is 4.98 Å². The lowest BCUT2D eigenvalue weighted by Gasteiger charge is -2.08. The number of pyridine rings is 1. The van der Waals surface area contributed by atoms with E-state index in [2.05, 4.69) is 4.98 Å². The molecule has 3 rings (SSSR count). The standard InChI is InChI=1S/C16H14N2O2/c19-16(20)15-11-12-5-1-2-7-14(12)18(15)10-8-13-6-3-4-9-17-13/h1-7,9,11H,8,10H2,(H,19,20). The number of nitrogens with zero attached hydrogens (tertiary/aromatic N) is 2. The van der Waals surface area contributed by atoms with Crippen molar-refractivity contribution in [1.82, 2.24) is 9.55 Å². The summed E-state index contributed by atoms with van der Waals surface area (Å²) in [5, 5.41) is 10.3. The van der Waals surface area contributed by atoms with Crippen LogP contribution >= 0.6 is 0 Å². The second-order valence-electron chi connectivity index (χ2n) is 4.62. The van der Waals surface area contributed by atoms with Crippen LogP contribution < -0.4 is 0 Å². The summed E-state index contributed by atoms with van der Waals surface area (Å²) in [5.74, 6) is -0.901. The minimum atomic E-state index is -0.901. The molecule has 0 radical (unpaired) electrons. The van der Waals surface area contributed by atoms with Crippen LogP contribution in [0.25, 0.3) is 10.9 Å². The number of aryl methyl sites for hydroxylation is 2. The lowest BCUT2D eigenvalue weighted by Crippen LogP contribution is -2.10. The molecule has 0 saturated carbocycles. The van der Waals surface area contributed by atoms with Crippen LogP contribution in [0.5, 0.6) is 0 Å². The first kappa shape index (κ1) is 12.4. The molecule has 4 heteroatoms. The molecule has 4 nitrogen and oxygen atoms in total. The molecule has 0 atom stereocenters. The Morgan fingerprint density at radius 1 is 1.15 bits per heavy atom. The molecule has 0 spiro atoms. The predicted octanol–water partition coefficient (Wildman–Crippen LogP) is 2.98. The van der Waals surface area contributed by atoms with Crippen molar-refractivity contribution in [2.75, 3.05) is 0 Å². The second kappa shape index (κ2) is 5.17. The molecule has 0 aliphatic heterocycles. The van der Waals surface area contributed by atoms with Crippen LogP contribution in [0.4, 0.5) is 0 Å². The zero-order chi connectivity index (χ0) is 13.9. The number of hydrogen-bond donors (Lipinski definition) is 1. The van der Waals surface area contributed by atoms with Crippen molar-refractivity contribution in [3.8, 4) is 0 Å². The molecular weight excluding hydrogens is 252 g/mol. The first-order chi connectivity index (χ1) is 9.75. The smallest absolute Gasteiger partial charge is 0.352 e. The predicted molar refractivity (Wildman–Crippen MR) is 76.8 cm³/mol. The highest BCUT2D eigenvalue weighted by Crippen LogP contribution is 2.20. The number of benzene rings is 1. The monoisotopic (exact) mass is 266 g/mol. The van der Waals surface area contributed by atoms with Gasteiger partial charge in [0, 0.05) is 35.8 Å². The summed E-state index contributed by atoms with van der Waals surface area (Å²) in [4.78, 5) is 15.6. The molecule has 0 bridgehead atoms.